The highest BCUT2D eigenvalue weighted by Crippen LogP contribution is 2.19. The van der Waals surface area contributed by atoms with Crippen LogP contribution in [0.15, 0.2) is 18.2 Å². The second-order valence-corrected chi connectivity index (χ2v) is 4.86. The number of hydrogen-bond acceptors (Lipinski definition) is 2. The van der Waals surface area contributed by atoms with Gasteiger partial charge in [-0.05, 0) is 43.0 Å². The molecule has 3 heteroatoms. The van der Waals surface area contributed by atoms with Gasteiger partial charge in [0, 0.05) is 18.2 Å². The second kappa shape index (κ2) is 6.01. The van der Waals surface area contributed by atoms with Crippen molar-refractivity contribution in [3.8, 4) is 0 Å². The third-order valence-corrected chi connectivity index (χ3v) is 3.71. The minimum atomic E-state index is 0.0856. The molecule has 1 heterocycles. The third kappa shape index (κ3) is 2.72. The van der Waals surface area contributed by atoms with Crippen molar-refractivity contribution in [3.05, 3.63) is 34.9 Å². The zero-order valence-corrected chi connectivity index (χ0v) is 11.3. The minimum absolute atomic E-state index is 0.0856. The Labute approximate surface area is 109 Å². The molecule has 1 amide bonds. The van der Waals surface area contributed by atoms with Crippen LogP contribution in [0.25, 0.3) is 0 Å². The Morgan fingerprint density at radius 3 is 2.89 bits per heavy atom. The maximum atomic E-state index is 12.3. The second-order valence-electron chi connectivity index (χ2n) is 4.86. The van der Waals surface area contributed by atoms with Crippen molar-refractivity contribution in [2.75, 3.05) is 6.54 Å². The Bertz CT molecular complexity index is 425. The zero-order valence-electron chi connectivity index (χ0n) is 11.3. The number of fused-ring (bicyclic) bond motifs is 1. The lowest BCUT2D eigenvalue weighted by molar-refractivity contribution is 0.0933. The molecule has 2 N–H and O–H groups in total. The number of hydrogen-bond donors (Lipinski definition) is 2. The van der Waals surface area contributed by atoms with Crippen molar-refractivity contribution >= 4 is 5.91 Å². The van der Waals surface area contributed by atoms with E-state index in [1.165, 1.54) is 11.1 Å². The molecular formula is C15H22N2O. The molecule has 0 bridgehead atoms. The molecule has 3 nitrogen and oxygen atoms in total. The van der Waals surface area contributed by atoms with E-state index in [0.717, 1.165) is 37.9 Å². The van der Waals surface area contributed by atoms with Gasteiger partial charge in [-0.2, -0.15) is 0 Å². The Balaban J connectivity index is 2.20. The molecule has 2 rings (SSSR count). The van der Waals surface area contributed by atoms with Crippen molar-refractivity contribution < 1.29 is 4.79 Å². The molecule has 18 heavy (non-hydrogen) atoms. The molecule has 0 saturated heterocycles. The third-order valence-electron chi connectivity index (χ3n) is 3.71. The summed E-state index contributed by atoms with van der Waals surface area (Å²) in [4.78, 5) is 12.3. The molecule has 0 unspecified atom stereocenters. The molecule has 1 aromatic rings. The van der Waals surface area contributed by atoms with Crippen LogP contribution in [0.3, 0.4) is 0 Å². The summed E-state index contributed by atoms with van der Waals surface area (Å²) >= 11 is 0. The highest BCUT2D eigenvalue weighted by Gasteiger charge is 2.18. The lowest BCUT2D eigenvalue weighted by Gasteiger charge is -2.21. The van der Waals surface area contributed by atoms with E-state index in [-0.39, 0.29) is 11.9 Å². The Morgan fingerprint density at radius 2 is 2.17 bits per heavy atom. The van der Waals surface area contributed by atoms with Gasteiger partial charge in [0.05, 0.1) is 0 Å². The Morgan fingerprint density at radius 1 is 1.39 bits per heavy atom. The van der Waals surface area contributed by atoms with Crippen molar-refractivity contribution in [2.45, 2.75) is 45.7 Å². The fourth-order valence-corrected chi connectivity index (χ4v) is 2.50. The fourth-order valence-electron chi connectivity index (χ4n) is 2.50. The van der Waals surface area contributed by atoms with Crippen molar-refractivity contribution in [2.24, 2.45) is 0 Å². The first kappa shape index (κ1) is 13.1. The zero-order chi connectivity index (χ0) is 13.0. The average molecular weight is 246 g/mol. The van der Waals surface area contributed by atoms with Crippen LogP contribution >= 0.6 is 0 Å². The maximum absolute atomic E-state index is 12.3. The molecule has 1 aromatic carbocycles. The van der Waals surface area contributed by atoms with Crippen LogP contribution in [0.4, 0.5) is 0 Å². The van der Waals surface area contributed by atoms with Gasteiger partial charge >= 0.3 is 0 Å². The van der Waals surface area contributed by atoms with E-state index in [1.54, 1.807) is 0 Å². The average Bonchev–Trinajstić information content (AvgIpc) is 2.43. The van der Waals surface area contributed by atoms with Crippen LogP contribution in [0.5, 0.6) is 0 Å². The van der Waals surface area contributed by atoms with Gasteiger partial charge in [0.2, 0.25) is 0 Å². The standard InChI is InChI=1S/C15H22N2O/c1-3-12(4-2)17-15(18)14-7-5-6-11-10-16-9-8-13(11)14/h5-7,12,16H,3-4,8-10H2,1-2H3,(H,17,18). The summed E-state index contributed by atoms with van der Waals surface area (Å²) in [5, 5.41) is 6.46. The SMILES string of the molecule is CCC(CC)NC(=O)c1cccc2c1CCNC2. The summed E-state index contributed by atoms with van der Waals surface area (Å²) < 4.78 is 0. The topological polar surface area (TPSA) is 41.1 Å². The smallest absolute Gasteiger partial charge is 0.251 e. The summed E-state index contributed by atoms with van der Waals surface area (Å²) in [6, 6.07) is 6.32. The molecule has 0 fully saturated rings. The molecule has 0 aliphatic carbocycles. The van der Waals surface area contributed by atoms with Gasteiger partial charge in [-0.25, -0.2) is 0 Å². The largest absolute Gasteiger partial charge is 0.349 e. The highest BCUT2D eigenvalue weighted by molar-refractivity contribution is 5.96. The number of rotatable bonds is 4. The molecule has 98 valence electrons. The molecular weight excluding hydrogens is 224 g/mol. The van der Waals surface area contributed by atoms with E-state index in [0.29, 0.717) is 0 Å². The van der Waals surface area contributed by atoms with Crippen LogP contribution in [0.2, 0.25) is 0 Å². The van der Waals surface area contributed by atoms with E-state index in [9.17, 15) is 4.79 Å². The summed E-state index contributed by atoms with van der Waals surface area (Å²) in [5.41, 5.74) is 3.35. The van der Waals surface area contributed by atoms with Gasteiger partial charge in [0.25, 0.3) is 5.91 Å². The van der Waals surface area contributed by atoms with Gasteiger partial charge in [-0.1, -0.05) is 26.0 Å². The number of nitrogens with one attached hydrogen (secondary N) is 2. The number of amides is 1. The first-order chi connectivity index (χ1) is 8.76. The molecule has 0 saturated carbocycles. The molecule has 0 radical (unpaired) electrons. The maximum Gasteiger partial charge on any atom is 0.251 e. The predicted octanol–water partition coefficient (Wildman–Crippen LogP) is 2.25. The molecule has 0 atom stereocenters. The van der Waals surface area contributed by atoms with Gasteiger partial charge in [0.1, 0.15) is 0 Å². The van der Waals surface area contributed by atoms with Crippen LogP contribution in [-0.4, -0.2) is 18.5 Å². The van der Waals surface area contributed by atoms with E-state index < -0.39 is 0 Å². The van der Waals surface area contributed by atoms with Crippen LogP contribution in [-0.2, 0) is 13.0 Å². The monoisotopic (exact) mass is 246 g/mol. The van der Waals surface area contributed by atoms with Gasteiger partial charge in [0.15, 0.2) is 0 Å². The first-order valence-corrected chi connectivity index (χ1v) is 6.88. The van der Waals surface area contributed by atoms with E-state index >= 15 is 0 Å². The summed E-state index contributed by atoms with van der Waals surface area (Å²) in [6.45, 7) is 6.06. The van der Waals surface area contributed by atoms with Gasteiger partial charge < -0.3 is 10.6 Å². The number of carbonyl (C=O) groups excluding carboxylic acids is 1. The van der Waals surface area contributed by atoms with Gasteiger partial charge in [-0.3, -0.25) is 4.79 Å². The molecule has 0 spiro atoms. The van der Waals surface area contributed by atoms with E-state index in [1.807, 2.05) is 12.1 Å². The Kier molecular flexibility index (Phi) is 4.37. The van der Waals surface area contributed by atoms with E-state index in [2.05, 4.69) is 30.5 Å². The van der Waals surface area contributed by atoms with Crippen LogP contribution in [0, 0.1) is 0 Å². The summed E-state index contributed by atoms with van der Waals surface area (Å²) in [7, 11) is 0. The van der Waals surface area contributed by atoms with E-state index in [4.69, 9.17) is 0 Å². The number of benzene rings is 1. The molecule has 1 aliphatic heterocycles. The Hall–Kier alpha value is -1.35. The summed E-state index contributed by atoms with van der Waals surface area (Å²) in [5.74, 6) is 0.0856. The van der Waals surface area contributed by atoms with Crippen LogP contribution in [0.1, 0.15) is 48.2 Å². The molecule has 0 aromatic heterocycles. The van der Waals surface area contributed by atoms with Gasteiger partial charge in [-0.15, -0.1) is 0 Å². The van der Waals surface area contributed by atoms with Crippen LogP contribution < -0.4 is 10.6 Å². The normalized spacial score (nSPS) is 14.4. The lowest BCUT2D eigenvalue weighted by atomic mass is 9.95. The summed E-state index contributed by atoms with van der Waals surface area (Å²) in [6.07, 6.45) is 2.92. The lowest BCUT2D eigenvalue weighted by Crippen LogP contribution is -2.35. The fraction of sp³-hybridized carbons (Fsp3) is 0.533. The predicted molar refractivity (Wildman–Crippen MR) is 73.7 cm³/mol. The van der Waals surface area contributed by atoms with Crippen molar-refractivity contribution in [1.29, 1.82) is 0 Å². The quantitative estimate of drug-likeness (QED) is 0.855. The van der Waals surface area contributed by atoms with Crippen molar-refractivity contribution in [1.82, 2.24) is 10.6 Å². The first-order valence-electron chi connectivity index (χ1n) is 6.88. The number of carbonyl (C=O) groups is 1. The minimum Gasteiger partial charge on any atom is -0.349 e. The van der Waals surface area contributed by atoms with Crippen molar-refractivity contribution in [3.63, 3.8) is 0 Å². The highest BCUT2D eigenvalue weighted by atomic mass is 16.1. The molecule has 1 aliphatic rings.